The van der Waals surface area contributed by atoms with Gasteiger partial charge >= 0.3 is 12.4 Å². The van der Waals surface area contributed by atoms with Crippen molar-refractivity contribution in [3.8, 4) is 11.4 Å². The van der Waals surface area contributed by atoms with E-state index in [1.807, 2.05) is 0 Å². The summed E-state index contributed by atoms with van der Waals surface area (Å²) in [5.41, 5.74) is 0.410. The number of carbonyl (C=O) groups excluding carboxylic acids is 1. The Hall–Kier alpha value is -4.41. The molecule has 1 aromatic carbocycles. The number of aliphatic hydroxyl groups excluding tert-OH is 1. The minimum absolute atomic E-state index is 0.0110. The van der Waals surface area contributed by atoms with Crippen molar-refractivity contribution >= 4 is 24.0 Å². The first-order valence-corrected chi connectivity index (χ1v) is 11.6. The number of aliphatic imine (C=N–C) groups is 1. The van der Waals surface area contributed by atoms with E-state index in [9.17, 15) is 40.3 Å². The fraction of sp³-hybridized carbons (Fsp3) is 0.333. The van der Waals surface area contributed by atoms with Gasteiger partial charge in [0.25, 0.3) is 5.56 Å². The summed E-state index contributed by atoms with van der Waals surface area (Å²) in [6.07, 6.45) is -3.17. The Labute approximate surface area is 227 Å². The van der Waals surface area contributed by atoms with Crippen LogP contribution in [0.2, 0.25) is 0 Å². The smallest absolute Gasteiger partial charge is 0.397 e. The molecule has 0 spiro atoms. The Morgan fingerprint density at radius 3 is 2.22 bits per heavy atom. The third-order valence-electron chi connectivity index (χ3n) is 5.20. The summed E-state index contributed by atoms with van der Waals surface area (Å²) in [6.45, 7) is 0.793. The molecule has 0 radical (unpaired) electrons. The SMILES string of the molecule is CN(C=Nc1cc(-c2ncc(C(F)(F)F)cn2)c(F)cc1C=O)CCCCCO.Nc1cn[nH]c(=O)c1C(F)(F)F. The molecular weight excluding hydrogens is 567 g/mol. The zero-order valence-electron chi connectivity index (χ0n) is 21.3. The molecule has 17 heteroatoms. The molecule has 4 N–H and O–H groups in total. The fourth-order valence-corrected chi connectivity index (χ4v) is 3.14. The predicted octanol–water partition coefficient (Wildman–Crippen LogP) is 4.24. The second-order valence-corrected chi connectivity index (χ2v) is 8.34. The molecule has 0 aliphatic heterocycles. The van der Waals surface area contributed by atoms with Crippen molar-refractivity contribution in [1.82, 2.24) is 25.1 Å². The van der Waals surface area contributed by atoms with E-state index in [0.29, 0.717) is 31.6 Å². The number of rotatable bonds is 9. The van der Waals surface area contributed by atoms with Gasteiger partial charge in [-0.25, -0.2) is 24.4 Å². The van der Waals surface area contributed by atoms with Crippen molar-refractivity contribution in [3.63, 3.8) is 0 Å². The number of nitrogens with two attached hydrogens (primary N) is 1. The molecule has 3 aromatic rings. The number of benzene rings is 1. The van der Waals surface area contributed by atoms with Crippen LogP contribution in [0.3, 0.4) is 0 Å². The number of aliphatic hydroxyl groups is 1. The number of nitrogen functional groups attached to an aromatic ring is 1. The first kappa shape index (κ1) is 32.8. The summed E-state index contributed by atoms with van der Waals surface area (Å²) in [5, 5.41) is 13.5. The molecule has 10 nitrogen and oxygen atoms in total. The van der Waals surface area contributed by atoms with Gasteiger partial charge < -0.3 is 15.7 Å². The summed E-state index contributed by atoms with van der Waals surface area (Å²) in [7, 11) is 1.77. The monoisotopic (exact) mass is 591 g/mol. The number of alkyl halides is 6. The van der Waals surface area contributed by atoms with Crippen LogP contribution in [0, 0.1) is 5.82 Å². The highest BCUT2D eigenvalue weighted by Gasteiger charge is 2.36. The molecule has 0 amide bonds. The van der Waals surface area contributed by atoms with Crippen LogP contribution in [0.5, 0.6) is 0 Å². The topological polar surface area (TPSA) is 150 Å². The number of aldehydes is 1. The zero-order chi connectivity index (χ0) is 30.8. The van der Waals surface area contributed by atoms with Gasteiger partial charge in [0.2, 0.25) is 0 Å². The van der Waals surface area contributed by atoms with Gasteiger partial charge in [0.15, 0.2) is 12.1 Å². The molecule has 0 aliphatic rings. The van der Waals surface area contributed by atoms with E-state index >= 15 is 0 Å². The van der Waals surface area contributed by atoms with Crippen LogP contribution >= 0.6 is 0 Å². The van der Waals surface area contributed by atoms with Crippen molar-refractivity contribution in [2.24, 2.45) is 4.99 Å². The second kappa shape index (κ2) is 14.3. The van der Waals surface area contributed by atoms with Gasteiger partial charge in [-0.2, -0.15) is 31.4 Å². The van der Waals surface area contributed by atoms with Gasteiger partial charge in [0.1, 0.15) is 11.4 Å². The summed E-state index contributed by atoms with van der Waals surface area (Å²) in [5.74, 6) is -1.09. The highest BCUT2D eigenvalue weighted by Crippen LogP contribution is 2.31. The molecule has 0 atom stereocenters. The van der Waals surface area contributed by atoms with Crippen LogP contribution in [-0.2, 0) is 12.4 Å². The Bertz CT molecular complexity index is 1390. The highest BCUT2D eigenvalue weighted by atomic mass is 19.4. The van der Waals surface area contributed by atoms with Gasteiger partial charge in [-0.1, -0.05) is 0 Å². The number of halogens is 7. The van der Waals surface area contributed by atoms with E-state index in [4.69, 9.17) is 10.8 Å². The Morgan fingerprint density at radius 2 is 1.71 bits per heavy atom. The van der Waals surface area contributed by atoms with Gasteiger partial charge in [0, 0.05) is 38.2 Å². The van der Waals surface area contributed by atoms with Gasteiger partial charge in [-0.3, -0.25) is 9.59 Å². The molecule has 0 unspecified atom stereocenters. The number of carbonyl (C=O) groups is 1. The van der Waals surface area contributed by atoms with Crippen molar-refractivity contribution in [1.29, 1.82) is 0 Å². The lowest BCUT2D eigenvalue weighted by atomic mass is 10.1. The molecule has 2 aromatic heterocycles. The van der Waals surface area contributed by atoms with Crippen LogP contribution in [0.1, 0.15) is 40.7 Å². The number of aromatic nitrogens is 4. The summed E-state index contributed by atoms with van der Waals surface area (Å²) in [6, 6.07) is 2.16. The van der Waals surface area contributed by atoms with Crippen LogP contribution in [0.25, 0.3) is 11.4 Å². The number of unbranched alkanes of at least 4 members (excludes halogenated alkanes) is 2. The first-order chi connectivity index (χ1) is 19.2. The third kappa shape index (κ3) is 9.63. The van der Waals surface area contributed by atoms with E-state index in [1.54, 1.807) is 17.0 Å². The van der Waals surface area contributed by atoms with Crippen molar-refractivity contribution < 1.29 is 40.6 Å². The number of nitrogens with zero attached hydrogens (tertiary/aromatic N) is 5. The fourth-order valence-electron chi connectivity index (χ4n) is 3.14. The molecule has 41 heavy (non-hydrogen) atoms. The second-order valence-electron chi connectivity index (χ2n) is 8.34. The molecule has 0 saturated heterocycles. The minimum Gasteiger partial charge on any atom is -0.397 e. The van der Waals surface area contributed by atoms with Crippen LogP contribution in [-0.4, -0.2) is 63.0 Å². The molecular formula is C24H24F7N7O3. The molecule has 0 bridgehead atoms. The number of H-pyrrole nitrogens is 1. The number of hydrogen-bond donors (Lipinski definition) is 3. The van der Waals surface area contributed by atoms with Crippen LogP contribution in [0.15, 0.2) is 40.5 Å². The summed E-state index contributed by atoms with van der Waals surface area (Å²) < 4.78 is 88.2. The molecule has 2 heterocycles. The highest BCUT2D eigenvalue weighted by molar-refractivity contribution is 5.86. The van der Waals surface area contributed by atoms with Gasteiger partial charge in [-0.05, 0) is 31.4 Å². The Morgan fingerprint density at radius 1 is 1.05 bits per heavy atom. The zero-order valence-corrected chi connectivity index (χ0v) is 21.3. The van der Waals surface area contributed by atoms with Crippen molar-refractivity contribution in [2.45, 2.75) is 31.6 Å². The maximum Gasteiger partial charge on any atom is 0.423 e. The van der Waals surface area contributed by atoms with Gasteiger partial charge in [-0.15, -0.1) is 0 Å². The van der Waals surface area contributed by atoms with E-state index in [0.717, 1.165) is 25.1 Å². The maximum absolute atomic E-state index is 14.3. The quantitative estimate of drug-likeness (QED) is 0.110. The third-order valence-corrected chi connectivity index (χ3v) is 5.20. The molecule has 222 valence electrons. The summed E-state index contributed by atoms with van der Waals surface area (Å²) >= 11 is 0. The molecule has 0 saturated carbocycles. The van der Waals surface area contributed by atoms with Crippen LogP contribution < -0.4 is 11.3 Å². The number of nitrogens with one attached hydrogen (secondary N) is 1. The largest absolute Gasteiger partial charge is 0.423 e. The average Bonchev–Trinajstić information content (AvgIpc) is 2.89. The van der Waals surface area contributed by atoms with Gasteiger partial charge in [0.05, 0.1) is 35.0 Å². The van der Waals surface area contributed by atoms with E-state index in [2.05, 4.69) is 20.1 Å². The Kier molecular flexibility index (Phi) is 11.4. The molecule has 3 rings (SSSR count). The van der Waals surface area contributed by atoms with E-state index < -0.39 is 40.5 Å². The first-order valence-electron chi connectivity index (χ1n) is 11.6. The lowest BCUT2D eigenvalue weighted by Gasteiger charge is -2.13. The maximum atomic E-state index is 14.3. The average molecular weight is 591 g/mol. The van der Waals surface area contributed by atoms with Crippen LogP contribution in [0.4, 0.5) is 42.1 Å². The molecule has 0 aliphatic carbocycles. The normalized spacial score (nSPS) is 11.7. The predicted molar refractivity (Wildman–Crippen MR) is 134 cm³/mol. The number of aromatic amines is 1. The lowest BCUT2D eigenvalue weighted by molar-refractivity contribution is -0.138. The molecule has 0 fully saturated rings. The van der Waals surface area contributed by atoms with E-state index in [-0.39, 0.29) is 29.2 Å². The number of hydrogen-bond acceptors (Lipinski definition) is 8. The van der Waals surface area contributed by atoms with E-state index in [1.165, 1.54) is 12.4 Å². The Balaban J connectivity index is 0.000000408. The summed E-state index contributed by atoms with van der Waals surface area (Å²) in [4.78, 5) is 34.9. The standard InChI is InChI=1S/C19H20F4N4O2.C5H4F3N3O/c1-27(5-3-2-4-6-28)12-26-17-8-15(16(20)7-13(17)11-29)18-24-9-14(10-25-18)19(21,22)23;6-5(7,8)3-2(9)1-10-11-4(3)12/h7-12,28H,2-6H2,1H3;1H,(H3,9,11,12). The van der Waals surface area contributed by atoms with Crippen molar-refractivity contribution in [2.75, 3.05) is 25.9 Å². The minimum atomic E-state index is -4.74. The number of anilines is 1. The lowest BCUT2D eigenvalue weighted by Crippen LogP contribution is -2.24. The van der Waals surface area contributed by atoms with Crippen molar-refractivity contribution in [3.05, 3.63) is 63.6 Å².